The van der Waals surface area contributed by atoms with Crippen LogP contribution in [0.4, 0.5) is 5.82 Å². The zero-order valence-electron chi connectivity index (χ0n) is 12.2. The van der Waals surface area contributed by atoms with Crippen LogP contribution in [-0.4, -0.2) is 48.1 Å². The van der Waals surface area contributed by atoms with E-state index >= 15 is 0 Å². The third-order valence-corrected chi connectivity index (χ3v) is 5.79. The molecule has 4 nitrogen and oxygen atoms in total. The molecule has 0 amide bonds. The number of thiophene rings is 1. The summed E-state index contributed by atoms with van der Waals surface area (Å²) in [5.74, 6) is 1.17. The van der Waals surface area contributed by atoms with Gasteiger partial charge in [-0.3, -0.25) is 4.90 Å². The summed E-state index contributed by atoms with van der Waals surface area (Å²) < 4.78 is 1.34. The third-order valence-electron chi connectivity index (χ3n) is 4.91. The average molecular weight is 302 g/mol. The van der Waals surface area contributed by atoms with E-state index in [0.29, 0.717) is 12.1 Å². The zero-order valence-corrected chi connectivity index (χ0v) is 13.1. The Balaban J connectivity index is 1.50. The molecule has 0 saturated carbocycles. The van der Waals surface area contributed by atoms with Crippen LogP contribution in [-0.2, 0) is 0 Å². The summed E-state index contributed by atoms with van der Waals surface area (Å²) in [6, 6.07) is 5.41. The molecule has 5 heteroatoms. The largest absolute Gasteiger partial charge is 0.354 e. The highest BCUT2D eigenvalue weighted by atomic mass is 32.1. The maximum absolute atomic E-state index is 6.02. The molecule has 21 heavy (non-hydrogen) atoms. The number of nitrogens with zero attached hydrogens (tertiary/aromatic N) is 3. The summed E-state index contributed by atoms with van der Waals surface area (Å²) >= 11 is 1.80. The number of hydrogen-bond donors (Lipinski definition) is 1. The lowest BCUT2D eigenvalue weighted by Crippen LogP contribution is -2.46. The van der Waals surface area contributed by atoms with Gasteiger partial charge in [-0.1, -0.05) is 0 Å². The number of hydrogen-bond acceptors (Lipinski definition) is 5. The van der Waals surface area contributed by atoms with Crippen LogP contribution >= 0.6 is 11.3 Å². The van der Waals surface area contributed by atoms with Gasteiger partial charge in [0.25, 0.3) is 0 Å². The predicted molar refractivity (Wildman–Crippen MR) is 89.0 cm³/mol. The highest BCUT2D eigenvalue weighted by molar-refractivity contribution is 7.17. The lowest BCUT2D eigenvalue weighted by atomic mass is 10.0. The highest BCUT2D eigenvalue weighted by Crippen LogP contribution is 2.31. The molecule has 1 unspecified atom stereocenters. The van der Waals surface area contributed by atoms with E-state index in [-0.39, 0.29) is 0 Å². The van der Waals surface area contributed by atoms with Crippen molar-refractivity contribution in [3.8, 4) is 0 Å². The van der Waals surface area contributed by atoms with Gasteiger partial charge in [-0.15, -0.1) is 11.3 Å². The molecule has 2 aromatic rings. The number of likely N-dealkylation sites (tertiary alicyclic amines) is 1. The van der Waals surface area contributed by atoms with Crippen LogP contribution in [0.15, 0.2) is 23.7 Å². The molecule has 2 saturated heterocycles. The van der Waals surface area contributed by atoms with Gasteiger partial charge in [0.15, 0.2) is 0 Å². The Hall–Kier alpha value is -1.17. The molecule has 0 spiro atoms. The first-order valence-electron chi connectivity index (χ1n) is 7.88. The van der Waals surface area contributed by atoms with Crippen molar-refractivity contribution in [3.05, 3.63) is 23.7 Å². The summed E-state index contributed by atoms with van der Waals surface area (Å²) in [7, 11) is 0. The standard InChI is InChI=1S/C16H22N4S/c17-12-2-7-19(8-3-12)13-4-9-20(11-13)16-14-5-10-21-15(14)1-6-18-16/h1,5-6,10,12-13H,2-4,7-9,11,17H2. The van der Waals surface area contributed by atoms with Crippen molar-refractivity contribution in [2.45, 2.75) is 31.3 Å². The van der Waals surface area contributed by atoms with Crippen LogP contribution in [0.25, 0.3) is 10.1 Å². The molecule has 112 valence electrons. The quantitative estimate of drug-likeness (QED) is 0.924. The average Bonchev–Trinajstić information content (AvgIpc) is 3.16. The number of piperidine rings is 1. The van der Waals surface area contributed by atoms with E-state index in [9.17, 15) is 0 Å². The fraction of sp³-hybridized carbons (Fsp3) is 0.562. The molecular weight excluding hydrogens is 280 g/mol. The van der Waals surface area contributed by atoms with Crippen LogP contribution in [0.2, 0.25) is 0 Å². The molecule has 0 radical (unpaired) electrons. The van der Waals surface area contributed by atoms with Gasteiger partial charge < -0.3 is 10.6 Å². The van der Waals surface area contributed by atoms with Crippen LogP contribution in [0, 0.1) is 0 Å². The van der Waals surface area contributed by atoms with Gasteiger partial charge in [-0.05, 0) is 49.9 Å². The third kappa shape index (κ3) is 2.54. The first kappa shape index (κ1) is 13.5. The molecule has 4 heterocycles. The first-order valence-corrected chi connectivity index (χ1v) is 8.76. The van der Waals surface area contributed by atoms with Crippen LogP contribution in [0.1, 0.15) is 19.3 Å². The van der Waals surface area contributed by atoms with E-state index in [1.54, 1.807) is 11.3 Å². The second kappa shape index (κ2) is 5.55. The Morgan fingerprint density at radius 2 is 2.00 bits per heavy atom. The topological polar surface area (TPSA) is 45.4 Å². The molecule has 4 rings (SSSR count). The normalized spacial score (nSPS) is 25.0. The van der Waals surface area contributed by atoms with Gasteiger partial charge >= 0.3 is 0 Å². The van der Waals surface area contributed by atoms with Crippen molar-refractivity contribution in [1.82, 2.24) is 9.88 Å². The SMILES string of the molecule is NC1CCN(C2CCN(c3nccc4sccc34)C2)CC1. The van der Waals surface area contributed by atoms with Crippen molar-refractivity contribution in [3.63, 3.8) is 0 Å². The molecule has 0 bridgehead atoms. The Morgan fingerprint density at radius 1 is 1.14 bits per heavy atom. The van der Waals surface area contributed by atoms with E-state index in [1.165, 1.54) is 22.3 Å². The monoisotopic (exact) mass is 302 g/mol. The predicted octanol–water partition coefficient (Wildman–Crippen LogP) is 2.30. The van der Waals surface area contributed by atoms with Gasteiger partial charge in [0, 0.05) is 41.5 Å². The Labute approximate surface area is 129 Å². The summed E-state index contributed by atoms with van der Waals surface area (Å²) in [5, 5.41) is 3.47. The van der Waals surface area contributed by atoms with Gasteiger partial charge in [0.2, 0.25) is 0 Å². The van der Waals surface area contributed by atoms with Crippen molar-refractivity contribution in [2.75, 3.05) is 31.1 Å². The second-order valence-electron chi connectivity index (χ2n) is 6.23. The van der Waals surface area contributed by atoms with Crippen molar-refractivity contribution >= 4 is 27.2 Å². The molecule has 2 aliphatic heterocycles. The van der Waals surface area contributed by atoms with Gasteiger partial charge in [0.05, 0.1) is 0 Å². The van der Waals surface area contributed by atoms with Crippen LogP contribution in [0.5, 0.6) is 0 Å². The first-order chi connectivity index (χ1) is 10.3. The smallest absolute Gasteiger partial charge is 0.137 e. The fourth-order valence-electron chi connectivity index (χ4n) is 3.65. The molecule has 2 aromatic heterocycles. The van der Waals surface area contributed by atoms with E-state index in [4.69, 9.17) is 5.73 Å². The minimum absolute atomic E-state index is 0.417. The number of pyridine rings is 1. The van der Waals surface area contributed by atoms with Crippen molar-refractivity contribution < 1.29 is 0 Å². The second-order valence-corrected chi connectivity index (χ2v) is 7.18. The van der Waals surface area contributed by atoms with Crippen LogP contribution in [0.3, 0.4) is 0 Å². The van der Waals surface area contributed by atoms with Gasteiger partial charge in [-0.25, -0.2) is 4.98 Å². The highest BCUT2D eigenvalue weighted by Gasteiger charge is 2.30. The van der Waals surface area contributed by atoms with E-state index in [0.717, 1.165) is 39.0 Å². The van der Waals surface area contributed by atoms with E-state index in [1.807, 2.05) is 6.20 Å². The molecule has 0 aliphatic carbocycles. The summed E-state index contributed by atoms with van der Waals surface area (Å²) in [6.07, 6.45) is 5.49. The fourth-order valence-corrected chi connectivity index (χ4v) is 4.43. The molecule has 2 fully saturated rings. The van der Waals surface area contributed by atoms with Crippen molar-refractivity contribution in [2.24, 2.45) is 5.73 Å². The maximum Gasteiger partial charge on any atom is 0.137 e. The van der Waals surface area contributed by atoms with E-state index < -0.39 is 0 Å². The van der Waals surface area contributed by atoms with Gasteiger partial charge in [-0.2, -0.15) is 0 Å². The number of anilines is 1. The minimum atomic E-state index is 0.417. The number of rotatable bonds is 2. The molecule has 1 atom stereocenters. The molecule has 2 N–H and O–H groups in total. The van der Waals surface area contributed by atoms with Crippen LogP contribution < -0.4 is 10.6 Å². The van der Waals surface area contributed by atoms with Gasteiger partial charge in [0.1, 0.15) is 5.82 Å². The molecule has 0 aromatic carbocycles. The lowest BCUT2D eigenvalue weighted by Gasteiger charge is -2.34. The number of aromatic nitrogens is 1. The Bertz CT molecular complexity index is 618. The summed E-state index contributed by atoms with van der Waals surface area (Å²) in [4.78, 5) is 9.75. The lowest BCUT2D eigenvalue weighted by molar-refractivity contribution is 0.163. The summed E-state index contributed by atoms with van der Waals surface area (Å²) in [5.41, 5.74) is 6.02. The summed E-state index contributed by atoms with van der Waals surface area (Å²) in [6.45, 7) is 4.55. The Kier molecular flexibility index (Phi) is 3.57. The molecule has 2 aliphatic rings. The zero-order chi connectivity index (χ0) is 14.2. The maximum atomic E-state index is 6.02. The number of fused-ring (bicyclic) bond motifs is 1. The Morgan fingerprint density at radius 3 is 2.86 bits per heavy atom. The minimum Gasteiger partial charge on any atom is -0.354 e. The number of nitrogens with two attached hydrogens (primary N) is 1. The van der Waals surface area contributed by atoms with Crippen molar-refractivity contribution in [1.29, 1.82) is 0 Å². The van der Waals surface area contributed by atoms with E-state index in [2.05, 4.69) is 32.3 Å². The molecular formula is C16H22N4S.